The summed E-state index contributed by atoms with van der Waals surface area (Å²) in [5, 5.41) is 10.3. The Labute approximate surface area is 184 Å². The first kappa shape index (κ1) is 25.2. The predicted molar refractivity (Wildman–Crippen MR) is 111 cm³/mol. The van der Waals surface area contributed by atoms with Gasteiger partial charge in [-0.2, -0.15) is 13.2 Å². The van der Waals surface area contributed by atoms with Crippen molar-refractivity contribution in [1.82, 2.24) is 4.90 Å². The second-order valence-corrected chi connectivity index (χ2v) is 8.25. The average Bonchev–Trinajstić information content (AvgIpc) is 2.66. The Morgan fingerprint density at radius 3 is 2.19 bits per heavy atom. The van der Waals surface area contributed by atoms with Gasteiger partial charge in [-0.1, -0.05) is 30.3 Å². The maximum absolute atomic E-state index is 13.1. The molecule has 0 saturated carbocycles. The number of aliphatic hydroxyl groups is 1. The van der Waals surface area contributed by atoms with E-state index in [1.54, 1.807) is 20.8 Å². The third-order valence-corrected chi connectivity index (χ3v) is 4.31. The summed E-state index contributed by atoms with van der Waals surface area (Å²) >= 11 is 0. The molecule has 0 saturated heterocycles. The molecular formula is C23H26F3NO5. The van der Waals surface area contributed by atoms with Crippen molar-refractivity contribution in [2.45, 2.75) is 45.1 Å². The molecule has 9 heteroatoms. The standard InChI is InChI=1S/C23H26F3NO5/c1-22(2,3)32-21(30)27(4)14-19(28)15-9-11-17(12-10-15)31-20(29)13-16-7-5-6-8-18(16)23(24,25)26/h5-12,19,28H,13-14H2,1-4H3. The highest BCUT2D eigenvalue weighted by atomic mass is 19.4. The van der Waals surface area contributed by atoms with E-state index in [1.165, 1.54) is 54.4 Å². The summed E-state index contributed by atoms with van der Waals surface area (Å²) in [5.74, 6) is -0.726. The highest BCUT2D eigenvalue weighted by molar-refractivity contribution is 5.75. The van der Waals surface area contributed by atoms with E-state index in [2.05, 4.69) is 0 Å². The van der Waals surface area contributed by atoms with Crippen LogP contribution in [0.2, 0.25) is 0 Å². The van der Waals surface area contributed by atoms with Crippen molar-refractivity contribution in [2.75, 3.05) is 13.6 Å². The minimum atomic E-state index is -4.57. The molecule has 174 valence electrons. The van der Waals surface area contributed by atoms with Gasteiger partial charge in [0.2, 0.25) is 0 Å². The summed E-state index contributed by atoms with van der Waals surface area (Å²) in [6.07, 6.45) is -6.71. The first-order valence-electron chi connectivity index (χ1n) is 9.84. The molecule has 6 nitrogen and oxygen atoms in total. The molecule has 1 unspecified atom stereocenters. The van der Waals surface area contributed by atoms with Gasteiger partial charge < -0.3 is 19.5 Å². The van der Waals surface area contributed by atoms with Crippen LogP contribution >= 0.6 is 0 Å². The molecule has 0 bridgehead atoms. The third-order valence-electron chi connectivity index (χ3n) is 4.31. The van der Waals surface area contributed by atoms with Crippen molar-refractivity contribution in [3.05, 3.63) is 65.2 Å². The summed E-state index contributed by atoms with van der Waals surface area (Å²) in [6.45, 7) is 5.17. The Balaban J connectivity index is 1.97. The zero-order valence-corrected chi connectivity index (χ0v) is 18.3. The number of hydrogen-bond donors (Lipinski definition) is 1. The van der Waals surface area contributed by atoms with Crippen molar-refractivity contribution >= 4 is 12.1 Å². The van der Waals surface area contributed by atoms with E-state index in [-0.39, 0.29) is 17.9 Å². The molecule has 0 fully saturated rings. The third kappa shape index (κ3) is 7.56. The number of amides is 1. The highest BCUT2D eigenvalue weighted by Crippen LogP contribution is 2.32. The number of carbonyl (C=O) groups is 2. The van der Waals surface area contributed by atoms with Crippen LogP contribution < -0.4 is 4.74 Å². The molecule has 1 N–H and O–H groups in total. The molecule has 0 radical (unpaired) electrons. The van der Waals surface area contributed by atoms with Crippen molar-refractivity contribution < 1.29 is 37.3 Å². The number of benzene rings is 2. The fourth-order valence-electron chi connectivity index (χ4n) is 2.81. The quantitative estimate of drug-likeness (QED) is 0.505. The van der Waals surface area contributed by atoms with Gasteiger partial charge in [0.1, 0.15) is 11.4 Å². The van der Waals surface area contributed by atoms with Crippen LogP contribution in [0.1, 0.15) is 43.6 Å². The lowest BCUT2D eigenvalue weighted by Crippen LogP contribution is -2.36. The van der Waals surface area contributed by atoms with Crippen molar-refractivity contribution in [1.29, 1.82) is 0 Å². The Morgan fingerprint density at radius 2 is 1.62 bits per heavy atom. The zero-order chi connectivity index (χ0) is 24.1. The lowest BCUT2D eigenvalue weighted by Gasteiger charge is -2.26. The zero-order valence-electron chi connectivity index (χ0n) is 18.3. The van der Waals surface area contributed by atoms with Gasteiger partial charge >= 0.3 is 18.2 Å². The second kappa shape index (κ2) is 10.0. The van der Waals surface area contributed by atoms with Crippen LogP contribution in [0.25, 0.3) is 0 Å². The maximum Gasteiger partial charge on any atom is 0.416 e. The van der Waals surface area contributed by atoms with Crippen LogP contribution in [-0.2, 0) is 22.1 Å². The number of likely N-dealkylation sites (N-methyl/N-ethyl adjacent to an activating group) is 1. The molecule has 0 heterocycles. The Hall–Kier alpha value is -3.07. The number of hydrogen-bond acceptors (Lipinski definition) is 5. The lowest BCUT2D eigenvalue weighted by molar-refractivity contribution is -0.139. The van der Waals surface area contributed by atoms with Gasteiger partial charge in [-0.25, -0.2) is 4.79 Å². The number of esters is 1. The minimum absolute atomic E-state index is 0.0255. The van der Waals surface area contributed by atoms with Crippen LogP contribution in [0, 0.1) is 0 Å². The summed E-state index contributed by atoms with van der Waals surface area (Å²) in [5.41, 5.74) is -1.27. The second-order valence-electron chi connectivity index (χ2n) is 8.25. The number of ether oxygens (including phenoxy) is 2. The summed E-state index contributed by atoms with van der Waals surface area (Å²) in [7, 11) is 1.49. The molecule has 2 rings (SSSR count). The highest BCUT2D eigenvalue weighted by Gasteiger charge is 2.33. The van der Waals surface area contributed by atoms with Crippen LogP contribution in [0.3, 0.4) is 0 Å². The van der Waals surface area contributed by atoms with E-state index in [0.717, 1.165) is 6.07 Å². The molecule has 0 aliphatic carbocycles. The van der Waals surface area contributed by atoms with Gasteiger partial charge in [0, 0.05) is 7.05 Å². The normalized spacial score (nSPS) is 12.8. The van der Waals surface area contributed by atoms with Gasteiger partial charge in [-0.05, 0) is 50.1 Å². The van der Waals surface area contributed by atoms with E-state index >= 15 is 0 Å². The Bertz CT molecular complexity index is 936. The van der Waals surface area contributed by atoms with Gasteiger partial charge in [0.15, 0.2) is 0 Å². The van der Waals surface area contributed by atoms with E-state index < -0.39 is 41.9 Å². The number of halogens is 3. The first-order valence-corrected chi connectivity index (χ1v) is 9.84. The lowest BCUT2D eigenvalue weighted by atomic mass is 10.0. The predicted octanol–water partition coefficient (Wildman–Crippen LogP) is 4.75. The summed E-state index contributed by atoms with van der Waals surface area (Å²) in [4.78, 5) is 25.4. The van der Waals surface area contributed by atoms with Gasteiger partial charge in [0.25, 0.3) is 0 Å². The number of nitrogens with zero attached hydrogens (tertiary/aromatic N) is 1. The molecule has 2 aromatic carbocycles. The van der Waals surface area contributed by atoms with Crippen LogP contribution in [-0.4, -0.2) is 41.3 Å². The smallest absolute Gasteiger partial charge is 0.416 e. The van der Waals surface area contributed by atoms with Crippen LogP contribution in [0.15, 0.2) is 48.5 Å². The van der Waals surface area contributed by atoms with Crippen molar-refractivity contribution in [2.24, 2.45) is 0 Å². The monoisotopic (exact) mass is 453 g/mol. The van der Waals surface area contributed by atoms with E-state index in [4.69, 9.17) is 9.47 Å². The molecule has 1 atom stereocenters. The van der Waals surface area contributed by atoms with Gasteiger partial charge in [0.05, 0.1) is 24.6 Å². The Morgan fingerprint density at radius 1 is 1.03 bits per heavy atom. The van der Waals surface area contributed by atoms with Gasteiger partial charge in [-0.15, -0.1) is 0 Å². The van der Waals surface area contributed by atoms with E-state index in [0.29, 0.717) is 5.56 Å². The number of carbonyl (C=O) groups excluding carboxylic acids is 2. The molecule has 1 amide bonds. The average molecular weight is 453 g/mol. The van der Waals surface area contributed by atoms with Gasteiger partial charge in [-0.3, -0.25) is 4.79 Å². The molecular weight excluding hydrogens is 427 g/mol. The largest absolute Gasteiger partial charge is 0.444 e. The first-order chi connectivity index (χ1) is 14.8. The minimum Gasteiger partial charge on any atom is -0.444 e. The van der Waals surface area contributed by atoms with Crippen molar-refractivity contribution in [3.8, 4) is 5.75 Å². The maximum atomic E-state index is 13.1. The molecule has 0 aliphatic rings. The molecule has 0 aromatic heterocycles. The topological polar surface area (TPSA) is 76.1 Å². The molecule has 2 aromatic rings. The SMILES string of the molecule is CN(CC(O)c1ccc(OC(=O)Cc2ccccc2C(F)(F)F)cc1)C(=O)OC(C)(C)C. The number of alkyl halides is 3. The number of aliphatic hydroxyl groups excluding tert-OH is 1. The molecule has 32 heavy (non-hydrogen) atoms. The number of rotatable bonds is 6. The molecule has 0 aliphatic heterocycles. The summed E-state index contributed by atoms with van der Waals surface area (Å²) < 4.78 is 49.5. The van der Waals surface area contributed by atoms with E-state index in [1.807, 2.05) is 0 Å². The Kier molecular flexibility index (Phi) is 7.90. The fraction of sp³-hybridized carbons (Fsp3) is 0.391. The van der Waals surface area contributed by atoms with E-state index in [9.17, 15) is 27.9 Å². The molecule has 0 spiro atoms. The van der Waals surface area contributed by atoms with Crippen LogP contribution in [0.5, 0.6) is 5.75 Å². The summed E-state index contributed by atoms with van der Waals surface area (Å²) in [6, 6.07) is 10.6. The van der Waals surface area contributed by atoms with Crippen LogP contribution in [0.4, 0.5) is 18.0 Å². The fourth-order valence-corrected chi connectivity index (χ4v) is 2.81. The van der Waals surface area contributed by atoms with Crippen molar-refractivity contribution in [3.63, 3.8) is 0 Å².